The van der Waals surface area contributed by atoms with Crippen molar-refractivity contribution in [3.05, 3.63) is 106 Å². The van der Waals surface area contributed by atoms with Crippen LogP contribution in [0, 0.1) is 0 Å². The van der Waals surface area contributed by atoms with Gasteiger partial charge in [-0.05, 0) is 42.8 Å². The first kappa shape index (κ1) is 23.4. The van der Waals surface area contributed by atoms with E-state index >= 15 is 0 Å². The zero-order chi connectivity index (χ0) is 24.9. The molecule has 0 fully saturated rings. The van der Waals surface area contributed by atoms with Crippen LogP contribution in [0.1, 0.15) is 33.3 Å². The summed E-state index contributed by atoms with van der Waals surface area (Å²) in [4.78, 5) is 49.8. The normalized spacial score (nSPS) is 11.6. The Labute approximate surface area is 200 Å². The highest BCUT2D eigenvalue weighted by Crippen LogP contribution is 2.16. The van der Waals surface area contributed by atoms with E-state index in [4.69, 9.17) is 10.5 Å². The Morgan fingerprint density at radius 3 is 2.23 bits per heavy atom. The molecule has 0 aliphatic carbocycles. The van der Waals surface area contributed by atoms with Gasteiger partial charge in [-0.15, -0.1) is 0 Å². The molecular formula is C26H22N4O5. The summed E-state index contributed by atoms with van der Waals surface area (Å²) in [6, 6.07) is 21.8. The monoisotopic (exact) mass is 470 g/mol. The molecule has 4 rings (SSSR count). The summed E-state index contributed by atoms with van der Waals surface area (Å²) in [6.07, 6.45) is -1.16. The molecule has 2 amide bonds. The highest BCUT2D eigenvalue weighted by Gasteiger charge is 2.23. The Hall–Kier alpha value is -4.79. The van der Waals surface area contributed by atoms with Crippen molar-refractivity contribution in [2.24, 2.45) is 5.73 Å². The number of nitrogens with two attached hydrogens (primary N) is 1. The molecule has 3 aromatic carbocycles. The molecule has 176 valence electrons. The third-order valence-corrected chi connectivity index (χ3v) is 5.33. The van der Waals surface area contributed by atoms with E-state index in [1.54, 1.807) is 24.3 Å². The van der Waals surface area contributed by atoms with Crippen LogP contribution in [0.4, 0.5) is 5.69 Å². The molecule has 0 saturated heterocycles. The number of benzene rings is 3. The lowest BCUT2D eigenvalue weighted by molar-refractivity contribution is -0.123. The molecule has 0 bridgehead atoms. The Balaban J connectivity index is 1.56. The number of fused-ring (bicyclic) bond motifs is 1. The van der Waals surface area contributed by atoms with Gasteiger partial charge in [0.2, 0.25) is 5.91 Å². The van der Waals surface area contributed by atoms with Crippen molar-refractivity contribution in [1.29, 1.82) is 0 Å². The van der Waals surface area contributed by atoms with Crippen molar-refractivity contribution in [3.63, 3.8) is 0 Å². The summed E-state index contributed by atoms with van der Waals surface area (Å²) >= 11 is 0. The average molecular weight is 470 g/mol. The topological polar surface area (TPSA) is 133 Å². The number of rotatable bonds is 7. The first-order valence-corrected chi connectivity index (χ1v) is 10.8. The van der Waals surface area contributed by atoms with Gasteiger partial charge in [0, 0.05) is 16.6 Å². The quantitative estimate of drug-likeness (QED) is 0.399. The van der Waals surface area contributed by atoms with Gasteiger partial charge < -0.3 is 15.8 Å². The number of nitrogens with one attached hydrogen (secondary N) is 1. The third-order valence-electron chi connectivity index (χ3n) is 5.33. The molecule has 1 atom stereocenters. The maximum absolute atomic E-state index is 13.0. The van der Waals surface area contributed by atoms with Crippen LogP contribution in [0.25, 0.3) is 10.8 Å². The number of aromatic nitrogens is 2. The van der Waals surface area contributed by atoms with Crippen LogP contribution < -0.4 is 16.6 Å². The van der Waals surface area contributed by atoms with E-state index in [-0.39, 0.29) is 17.8 Å². The van der Waals surface area contributed by atoms with Crippen LogP contribution in [0.2, 0.25) is 0 Å². The number of amides is 2. The Morgan fingerprint density at radius 1 is 0.943 bits per heavy atom. The lowest BCUT2D eigenvalue weighted by Gasteiger charge is -2.15. The Kier molecular flexibility index (Phi) is 6.68. The van der Waals surface area contributed by atoms with Gasteiger partial charge in [-0.1, -0.05) is 48.5 Å². The largest absolute Gasteiger partial charge is 0.448 e. The molecule has 4 aromatic rings. The molecule has 0 radical (unpaired) electrons. The zero-order valence-electron chi connectivity index (χ0n) is 18.8. The summed E-state index contributed by atoms with van der Waals surface area (Å²) in [5.41, 5.74) is 6.35. The smallest absolute Gasteiger partial charge is 0.360 e. The summed E-state index contributed by atoms with van der Waals surface area (Å²) < 4.78 is 6.59. The van der Waals surface area contributed by atoms with Crippen molar-refractivity contribution >= 4 is 34.2 Å². The van der Waals surface area contributed by atoms with Crippen LogP contribution in [0.5, 0.6) is 0 Å². The summed E-state index contributed by atoms with van der Waals surface area (Å²) in [7, 11) is 0. The minimum atomic E-state index is -1.16. The Bertz CT molecular complexity index is 1460. The van der Waals surface area contributed by atoms with Gasteiger partial charge in [-0.2, -0.15) is 5.10 Å². The maximum Gasteiger partial charge on any atom is 0.360 e. The predicted octanol–water partition coefficient (Wildman–Crippen LogP) is 2.73. The molecule has 1 aromatic heterocycles. The van der Waals surface area contributed by atoms with Crippen molar-refractivity contribution in [1.82, 2.24) is 9.78 Å². The number of carbonyl (C=O) groups excluding carboxylic acids is 3. The minimum Gasteiger partial charge on any atom is -0.448 e. The number of esters is 1. The highest BCUT2D eigenvalue weighted by molar-refractivity contribution is 6.04. The van der Waals surface area contributed by atoms with E-state index < -0.39 is 23.9 Å². The average Bonchev–Trinajstić information content (AvgIpc) is 2.86. The van der Waals surface area contributed by atoms with Gasteiger partial charge in [-0.3, -0.25) is 14.4 Å². The van der Waals surface area contributed by atoms with Crippen LogP contribution in [-0.4, -0.2) is 33.7 Å². The SMILES string of the molecule is CC(OC(=O)c1nn(Cc2ccccc2)c(=O)c2ccccc12)C(=O)Nc1ccc(C(N)=O)cc1. The lowest BCUT2D eigenvalue weighted by atomic mass is 10.1. The minimum absolute atomic E-state index is 0.0680. The molecular weight excluding hydrogens is 448 g/mol. The number of hydrogen-bond donors (Lipinski definition) is 2. The number of carbonyl (C=O) groups is 3. The molecule has 3 N–H and O–H groups in total. The van der Waals surface area contributed by atoms with Crippen molar-refractivity contribution in [2.45, 2.75) is 19.6 Å². The fourth-order valence-corrected chi connectivity index (χ4v) is 3.48. The summed E-state index contributed by atoms with van der Waals surface area (Å²) in [6.45, 7) is 1.59. The van der Waals surface area contributed by atoms with E-state index in [1.807, 2.05) is 30.3 Å². The fourth-order valence-electron chi connectivity index (χ4n) is 3.48. The van der Waals surface area contributed by atoms with Gasteiger partial charge in [-0.25, -0.2) is 9.48 Å². The second-order valence-electron chi connectivity index (χ2n) is 7.82. The van der Waals surface area contributed by atoms with Crippen LogP contribution in [0.15, 0.2) is 83.7 Å². The molecule has 35 heavy (non-hydrogen) atoms. The number of nitrogens with zero attached hydrogens (tertiary/aromatic N) is 2. The first-order valence-electron chi connectivity index (χ1n) is 10.8. The van der Waals surface area contributed by atoms with Gasteiger partial charge in [0.05, 0.1) is 11.9 Å². The van der Waals surface area contributed by atoms with Gasteiger partial charge in [0.1, 0.15) is 0 Å². The van der Waals surface area contributed by atoms with E-state index in [2.05, 4.69) is 10.4 Å². The molecule has 0 aliphatic heterocycles. The first-order chi connectivity index (χ1) is 16.8. The summed E-state index contributed by atoms with van der Waals surface area (Å²) in [5.74, 6) is -2.00. The van der Waals surface area contributed by atoms with E-state index in [0.29, 0.717) is 22.0 Å². The second kappa shape index (κ2) is 10.0. The van der Waals surface area contributed by atoms with Crippen LogP contribution >= 0.6 is 0 Å². The molecule has 0 spiro atoms. The summed E-state index contributed by atoms with van der Waals surface area (Å²) in [5, 5.41) is 7.53. The van der Waals surface area contributed by atoms with E-state index in [1.165, 1.54) is 35.9 Å². The highest BCUT2D eigenvalue weighted by atomic mass is 16.5. The number of ether oxygens (including phenoxy) is 1. The lowest BCUT2D eigenvalue weighted by Crippen LogP contribution is -2.32. The second-order valence-corrected chi connectivity index (χ2v) is 7.82. The molecule has 9 heteroatoms. The molecule has 0 aliphatic rings. The van der Waals surface area contributed by atoms with Crippen LogP contribution in [0.3, 0.4) is 0 Å². The number of hydrogen-bond acceptors (Lipinski definition) is 6. The van der Waals surface area contributed by atoms with E-state index in [0.717, 1.165) is 5.56 Å². The van der Waals surface area contributed by atoms with Gasteiger partial charge >= 0.3 is 5.97 Å². The van der Waals surface area contributed by atoms with E-state index in [9.17, 15) is 19.2 Å². The third kappa shape index (κ3) is 5.25. The maximum atomic E-state index is 13.0. The van der Waals surface area contributed by atoms with Gasteiger partial charge in [0.15, 0.2) is 11.8 Å². The number of anilines is 1. The van der Waals surface area contributed by atoms with Gasteiger partial charge in [0.25, 0.3) is 11.5 Å². The van der Waals surface area contributed by atoms with Crippen LogP contribution in [-0.2, 0) is 16.1 Å². The molecule has 1 heterocycles. The van der Waals surface area contributed by atoms with Crippen molar-refractivity contribution < 1.29 is 19.1 Å². The standard InChI is InChI=1S/C26H22N4O5/c1-16(24(32)28-19-13-11-18(12-14-19)23(27)31)35-26(34)22-20-9-5-6-10-21(20)25(33)30(29-22)15-17-7-3-2-4-8-17/h2-14,16H,15H2,1H3,(H2,27,31)(H,28,32). The number of primary amides is 1. The molecule has 1 unspecified atom stereocenters. The predicted molar refractivity (Wildman–Crippen MR) is 130 cm³/mol. The fraction of sp³-hybridized carbons (Fsp3) is 0.115. The van der Waals surface area contributed by atoms with Crippen molar-refractivity contribution in [2.75, 3.05) is 5.32 Å². The molecule has 0 saturated carbocycles. The Morgan fingerprint density at radius 2 is 1.57 bits per heavy atom. The zero-order valence-corrected chi connectivity index (χ0v) is 18.8. The molecule has 9 nitrogen and oxygen atoms in total. The van der Waals surface area contributed by atoms with Crippen molar-refractivity contribution in [3.8, 4) is 0 Å².